The number of hydrogen-bond donors (Lipinski definition) is 0. The van der Waals surface area contributed by atoms with Crippen LogP contribution < -0.4 is 0 Å². The van der Waals surface area contributed by atoms with E-state index in [1.165, 1.54) is 20.3 Å². The van der Waals surface area contributed by atoms with E-state index in [0.717, 1.165) is 43.1 Å². The molecule has 6 rings (SSSR count). The van der Waals surface area contributed by atoms with E-state index in [2.05, 4.69) is 62.4 Å². The van der Waals surface area contributed by atoms with Crippen molar-refractivity contribution in [2.24, 2.45) is 5.92 Å². The van der Waals surface area contributed by atoms with Crippen LogP contribution in [0.4, 0.5) is 5.69 Å². The van der Waals surface area contributed by atoms with Gasteiger partial charge in [0.1, 0.15) is 0 Å². The molecule has 3 nitrogen and oxygen atoms in total. The molecule has 0 spiro atoms. The Balaban J connectivity index is 1.82. The molecule has 0 amide bonds. The predicted octanol–water partition coefficient (Wildman–Crippen LogP) is 9.20. The standard InChI is InChI=1S/C28H21NO2S2/c1-16(2)15-17-11-12-20(25-18-7-3-6-10-23(18)33-28(17)25)26-21(29(30)31)13-14-24-27(26)19-8-4-5-9-22(19)32-24/h3-14,16H,15H2,1-2H3. The largest absolute Gasteiger partial charge is 0.277 e. The van der Waals surface area contributed by atoms with Gasteiger partial charge in [-0.25, -0.2) is 0 Å². The molecule has 5 heteroatoms. The Bertz CT molecular complexity index is 1710. The van der Waals surface area contributed by atoms with Crippen LogP contribution in [0.5, 0.6) is 0 Å². The van der Waals surface area contributed by atoms with E-state index < -0.39 is 0 Å². The van der Waals surface area contributed by atoms with Crippen molar-refractivity contribution in [1.29, 1.82) is 0 Å². The van der Waals surface area contributed by atoms with Gasteiger partial charge in [0, 0.05) is 46.4 Å². The minimum Gasteiger partial charge on any atom is -0.258 e. The van der Waals surface area contributed by atoms with Crippen molar-refractivity contribution in [3.63, 3.8) is 0 Å². The summed E-state index contributed by atoms with van der Waals surface area (Å²) in [6.45, 7) is 4.46. The molecule has 0 saturated heterocycles. The maximum absolute atomic E-state index is 12.3. The van der Waals surface area contributed by atoms with Crippen LogP contribution in [0.25, 0.3) is 51.5 Å². The first-order chi connectivity index (χ1) is 16.0. The first-order valence-electron chi connectivity index (χ1n) is 11.0. The van der Waals surface area contributed by atoms with Crippen LogP contribution in [0.15, 0.2) is 72.8 Å². The van der Waals surface area contributed by atoms with Crippen LogP contribution in [-0.2, 0) is 6.42 Å². The highest BCUT2D eigenvalue weighted by atomic mass is 32.1. The van der Waals surface area contributed by atoms with Gasteiger partial charge in [0.2, 0.25) is 0 Å². The molecule has 4 aromatic carbocycles. The predicted molar refractivity (Wildman–Crippen MR) is 143 cm³/mol. The molecule has 0 N–H and O–H groups in total. The molecule has 0 aliphatic carbocycles. The molecule has 33 heavy (non-hydrogen) atoms. The number of nitrogens with zero attached hydrogens (tertiary/aromatic N) is 1. The third kappa shape index (κ3) is 3.15. The van der Waals surface area contributed by atoms with E-state index >= 15 is 0 Å². The highest BCUT2D eigenvalue weighted by Crippen LogP contribution is 2.49. The van der Waals surface area contributed by atoms with E-state index in [0.29, 0.717) is 5.92 Å². The summed E-state index contributed by atoms with van der Waals surface area (Å²) in [5.41, 5.74) is 3.17. The first kappa shape index (κ1) is 20.3. The second kappa shape index (κ2) is 7.65. The topological polar surface area (TPSA) is 43.1 Å². The van der Waals surface area contributed by atoms with Crippen molar-refractivity contribution in [2.75, 3.05) is 0 Å². The smallest absolute Gasteiger partial charge is 0.258 e. The first-order valence-corrected chi connectivity index (χ1v) is 12.7. The molecule has 2 aromatic heterocycles. The molecule has 0 radical (unpaired) electrons. The van der Waals surface area contributed by atoms with Crippen LogP contribution in [-0.4, -0.2) is 4.92 Å². The minimum atomic E-state index is -0.233. The Hall–Kier alpha value is -3.28. The summed E-state index contributed by atoms with van der Waals surface area (Å²) in [6.07, 6.45) is 0.983. The highest BCUT2D eigenvalue weighted by Gasteiger charge is 2.25. The zero-order chi connectivity index (χ0) is 22.7. The average molecular weight is 468 g/mol. The molecule has 6 aromatic rings. The van der Waals surface area contributed by atoms with Crippen molar-refractivity contribution in [3.8, 4) is 11.1 Å². The lowest BCUT2D eigenvalue weighted by atomic mass is 9.91. The summed E-state index contributed by atoms with van der Waals surface area (Å²) in [5.74, 6) is 0.530. The van der Waals surface area contributed by atoms with Gasteiger partial charge in [-0.05, 0) is 41.7 Å². The van der Waals surface area contributed by atoms with Crippen LogP contribution in [0, 0.1) is 16.0 Å². The number of hydrogen-bond acceptors (Lipinski definition) is 4. The van der Waals surface area contributed by atoms with Crippen LogP contribution in [0.2, 0.25) is 0 Å². The lowest BCUT2D eigenvalue weighted by Crippen LogP contribution is -1.96. The van der Waals surface area contributed by atoms with Crippen LogP contribution in [0.3, 0.4) is 0 Å². The fourth-order valence-corrected chi connectivity index (χ4v) is 7.29. The molecule has 2 heterocycles. The summed E-state index contributed by atoms with van der Waals surface area (Å²) >= 11 is 3.49. The van der Waals surface area contributed by atoms with Gasteiger partial charge in [-0.2, -0.15) is 0 Å². The summed E-state index contributed by atoms with van der Waals surface area (Å²) < 4.78 is 4.69. The van der Waals surface area contributed by atoms with Gasteiger partial charge in [0.05, 0.1) is 10.5 Å². The number of thiophene rings is 2. The van der Waals surface area contributed by atoms with Crippen molar-refractivity contribution in [3.05, 3.63) is 88.5 Å². The molecular formula is C28H21NO2S2. The van der Waals surface area contributed by atoms with Gasteiger partial charge >= 0.3 is 0 Å². The summed E-state index contributed by atoms with van der Waals surface area (Å²) in [5, 5.41) is 16.6. The second-order valence-electron chi connectivity index (χ2n) is 8.86. The maximum atomic E-state index is 12.3. The lowest BCUT2D eigenvalue weighted by Gasteiger charge is -2.12. The SMILES string of the molecule is CC(C)Cc1ccc(-c2c([N+](=O)[O-])ccc3sc4ccccc4c23)c2c1sc1ccccc12. The molecule has 0 aliphatic heterocycles. The van der Waals surface area contributed by atoms with Crippen LogP contribution in [0.1, 0.15) is 19.4 Å². The van der Waals surface area contributed by atoms with Crippen molar-refractivity contribution in [1.82, 2.24) is 0 Å². The van der Waals surface area contributed by atoms with Crippen molar-refractivity contribution >= 4 is 68.7 Å². The van der Waals surface area contributed by atoms with E-state index in [1.54, 1.807) is 28.7 Å². The monoisotopic (exact) mass is 467 g/mol. The quantitative estimate of drug-likeness (QED) is 0.191. The summed E-state index contributed by atoms with van der Waals surface area (Å²) in [7, 11) is 0. The molecule has 0 aliphatic rings. The Labute approximate surface area is 199 Å². The number of fused-ring (bicyclic) bond motifs is 6. The Morgan fingerprint density at radius 2 is 1.45 bits per heavy atom. The van der Waals surface area contributed by atoms with Crippen molar-refractivity contribution < 1.29 is 4.92 Å². The molecule has 0 atom stereocenters. The number of benzene rings is 4. The van der Waals surface area contributed by atoms with E-state index in [-0.39, 0.29) is 10.6 Å². The van der Waals surface area contributed by atoms with Gasteiger partial charge in [0.25, 0.3) is 5.69 Å². The number of nitro benzene ring substituents is 1. The molecule has 0 saturated carbocycles. The van der Waals surface area contributed by atoms with Gasteiger partial charge in [-0.15, -0.1) is 22.7 Å². The van der Waals surface area contributed by atoms with Crippen molar-refractivity contribution in [2.45, 2.75) is 20.3 Å². The summed E-state index contributed by atoms with van der Waals surface area (Å²) in [6, 6.07) is 24.5. The average Bonchev–Trinajstić information content (AvgIpc) is 3.37. The lowest BCUT2D eigenvalue weighted by molar-refractivity contribution is -0.384. The Kier molecular flexibility index (Phi) is 4.71. The van der Waals surface area contributed by atoms with Gasteiger partial charge < -0.3 is 0 Å². The molecule has 0 bridgehead atoms. The van der Waals surface area contributed by atoms with Gasteiger partial charge in [0.15, 0.2) is 0 Å². The highest BCUT2D eigenvalue weighted by molar-refractivity contribution is 7.26. The van der Waals surface area contributed by atoms with E-state index in [9.17, 15) is 10.1 Å². The third-order valence-corrected chi connectivity index (χ3v) is 8.61. The maximum Gasteiger partial charge on any atom is 0.277 e. The number of nitro groups is 1. The molecule has 0 unspecified atom stereocenters. The molecule has 162 valence electrons. The second-order valence-corrected chi connectivity index (χ2v) is 11.0. The van der Waals surface area contributed by atoms with Crippen LogP contribution >= 0.6 is 22.7 Å². The van der Waals surface area contributed by atoms with E-state index in [4.69, 9.17) is 0 Å². The molecular weight excluding hydrogens is 446 g/mol. The normalized spacial score (nSPS) is 12.0. The Morgan fingerprint density at radius 1 is 0.788 bits per heavy atom. The van der Waals surface area contributed by atoms with Gasteiger partial charge in [-0.3, -0.25) is 10.1 Å². The Morgan fingerprint density at radius 3 is 2.15 bits per heavy atom. The summed E-state index contributed by atoms with van der Waals surface area (Å²) in [4.78, 5) is 12.0. The fourth-order valence-electron chi connectivity index (χ4n) is 4.92. The van der Waals surface area contributed by atoms with E-state index in [1.807, 2.05) is 18.2 Å². The third-order valence-electron chi connectivity index (χ3n) is 6.22. The van der Waals surface area contributed by atoms with Gasteiger partial charge in [-0.1, -0.05) is 62.4 Å². The zero-order valence-corrected chi connectivity index (χ0v) is 19.9. The minimum absolute atomic E-state index is 0.166. The fraction of sp³-hybridized carbons (Fsp3) is 0.143. The zero-order valence-electron chi connectivity index (χ0n) is 18.3. The number of rotatable bonds is 4. The molecule has 0 fully saturated rings.